The molecule has 26 heavy (non-hydrogen) atoms. The number of benzene rings is 1. The van der Waals surface area contributed by atoms with Crippen LogP contribution in [0.2, 0.25) is 0 Å². The number of nitrogens with zero attached hydrogens (tertiary/aromatic N) is 1. The summed E-state index contributed by atoms with van der Waals surface area (Å²) in [5, 5.41) is 13.4. The molecule has 3 atom stereocenters. The number of ether oxygens (including phenoxy) is 1. The molecule has 0 spiro atoms. The van der Waals surface area contributed by atoms with E-state index in [2.05, 4.69) is 5.32 Å². The molecule has 2 rings (SSSR count). The summed E-state index contributed by atoms with van der Waals surface area (Å²) in [5.41, 5.74) is 0.917. The van der Waals surface area contributed by atoms with Crippen molar-refractivity contribution in [2.24, 2.45) is 17.8 Å². The zero-order valence-corrected chi connectivity index (χ0v) is 14.6. The van der Waals surface area contributed by atoms with Gasteiger partial charge in [-0.15, -0.1) is 0 Å². The third-order valence-corrected chi connectivity index (χ3v) is 4.63. The molecule has 1 fully saturated rings. The summed E-state index contributed by atoms with van der Waals surface area (Å²) in [6, 6.07) is 9.28. The molecule has 1 aliphatic rings. The molecule has 1 amide bonds. The number of ketones is 1. The lowest BCUT2D eigenvalue weighted by Gasteiger charge is -2.17. The number of nitro groups is 1. The number of amides is 1. The number of esters is 1. The second-order valence-electron chi connectivity index (χ2n) is 6.56. The number of hydrogen-bond acceptors (Lipinski definition) is 6. The standard InChI is InChI=1S/C18H22N2O6/c1-12-7-16(21)14(15(12)10-20(24)25)8-18(23)26-11-17(22)19-9-13-5-3-2-4-6-13/h2-6,12,14-15H,7-11H2,1H3,(H,19,22)/t12-,14-,15-/m1/s1. The van der Waals surface area contributed by atoms with Gasteiger partial charge in [-0.25, -0.2) is 0 Å². The molecule has 1 aromatic rings. The van der Waals surface area contributed by atoms with E-state index in [-0.39, 0.29) is 31.1 Å². The van der Waals surface area contributed by atoms with Gasteiger partial charge < -0.3 is 10.1 Å². The number of carbonyl (C=O) groups is 3. The Kier molecular flexibility index (Phi) is 6.82. The lowest BCUT2D eigenvalue weighted by atomic mass is 9.88. The normalized spacial score (nSPS) is 22.0. The summed E-state index contributed by atoms with van der Waals surface area (Å²) in [5.74, 6) is -2.63. The summed E-state index contributed by atoms with van der Waals surface area (Å²) in [6.45, 7) is 1.31. The number of rotatable bonds is 8. The van der Waals surface area contributed by atoms with Crippen molar-refractivity contribution < 1.29 is 24.0 Å². The second kappa shape index (κ2) is 9.07. The van der Waals surface area contributed by atoms with E-state index in [1.54, 1.807) is 6.92 Å². The minimum atomic E-state index is -0.713. The zero-order chi connectivity index (χ0) is 19.1. The fourth-order valence-corrected chi connectivity index (χ4v) is 3.23. The highest BCUT2D eigenvalue weighted by Gasteiger charge is 2.44. The van der Waals surface area contributed by atoms with Crippen LogP contribution in [0.4, 0.5) is 0 Å². The Hall–Kier alpha value is -2.77. The first-order valence-corrected chi connectivity index (χ1v) is 8.47. The van der Waals surface area contributed by atoms with Crippen molar-refractivity contribution in [2.45, 2.75) is 26.3 Å². The van der Waals surface area contributed by atoms with Gasteiger partial charge in [-0.05, 0) is 11.5 Å². The monoisotopic (exact) mass is 362 g/mol. The van der Waals surface area contributed by atoms with Gasteiger partial charge in [0.2, 0.25) is 6.54 Å². The van der Waals surface area contributed by atoms with Gasteiger partial charge in [0.25, 0.3) is 5.91 Å². The predicted octanol–water partition coefficient (Wildman–Crippen LogP) is 1.35. The highest BCUT2D eigenvalue weighted by Crippen LogP contribution is 2.36. The number of carbonyl (C=O) groups excluding carboxylic acids is 3. The van der Waals surface area contributed by atoms with Crippen molar-refractivity contribution in [1.29, 1.82) is 0 Å². The van der Waals surface area contributed by atoms with Crippen LogP contribution in [0.15, 0.2) is 30.3 Å². The Bertz CT molecular complexity index is 676. The number of Topliss-reactive ketones (excluding diaryl/α,β-unsaturated/α-hetero) is 1. The van der Waals surface area contributed by atoms with Gasteiger partial charge in [0.05, 0.1) is 6.42 Å². The predicted molar refractivity (Wildman–Crippen MR) is 91.5 cm³/mol. The van der Waals surface area contributed by atoms with Gasteiger partial charge in [0.1, 0.15) is 5.78 Å². The third-order valence-electron chi connectivity index (χ3n) is 4.63. The second-order valence-corrected chi connectivity index (χ2v) is 6.56. The van der Waals surface area contributed by atoms with Gasteiger partial charge in [-0.1, -0.05) is 37.3 Å². The van der Waals surface area contributed by atoms with Gasteiger partial charge in [0, 0.05) is 29.7 Å². The topological polar surface area (TPSA) is 116 Å². The smallest absolute Gasteiger partial charge is 0.307 e. The SMILES string of the molecule is C[C@@H]1CC(=O)[C@H](CC(=O)OCC(=O)NCc2ccccc2)[C@@H]1C[N+](=O)[O-]. The minimum Gasteiger partial charge on any atom is -0.456 e. The largest absolute Gasteiger partial charge is 0.456 e. The van der Waals surface area contributed by atoms with Gasteiger partial charge in [-0.3, -0.25) is 24.5 Å². The zero-order valence-electron chi connectivity index (χ0n) is 14.6. The summed E-state index contributed by atoms with van der Waals surface area (Å²) >= 11 is 0. The molecule has 140 valence electrons. The molecule has 0 heterocycles. The van der Waals surface area contributed by atoms with Crippen LogP contribution < -0.4 is 5.32 Å². The fourth-order valence-electron chi connectivity index (χ4n) is 3.23. The van der Waals surface area contributed by atoms with Crippen molar-refractivity contribution in [1.82, 2.24) is 5.32 Å². The average molecular weight is 362 g/mol. The Morgan fingerprint density at radius 3 is 2.65 bits per heavy atom. The first-order valence-electron chi connectivity index (χ1n) is 8.47. The minimum absolute atomic E-state index is 0.139. The van der Waals surface area contributed by atoms with Crippen molar-refractivity contribution in [3.63, 3.8) is 0 Å². The molecule has 1 N–H and O–H groups in total. The molecule has 0 aliphatic heterocycles. The van der Waals surface area contributed by atoms with E-state index in [9.17, 15) is 24.5 Å². The van der Waals surface area contributed by atoms with Crippen LogP contribution in [0.1, 0.15) is 25.3 Å². The molecular weight excluding hydrogens is 340 g/mol. The van der Waals surface area contributed by atoms with E-state index >= 15 is 0 Å². The van der Waals surface area contributed by atoms with E-state index in [0.717, 1.165) is 5.56 Å². The Labute approximate surface area is 151 Å². The van der Waals surface area contributed by atoms with Crippen molar-refractivity contribution >= 4 is 17.7 Å². The average Bonchev–Trinajstić information content (AvgIpc) is 2.85. The van der Waals surface area contributed by atoms with E-state index < -0.39 is 35.2 Å². The molecule has 0 saturated heterocycles. The first kappa shape index (κ1) is 19.6. The molecule has 1 aromatic carbocycles. The van der Waals surface area contributed by atoms with Crippen LogP contribution in [0, 0.1) is 27.9 Å². The van der Waals surface area contributed by atoms with Crippen LogP contribution in [0.25, 0.3) is 0 Å². The van der Waals surface area contributed by atoms with Crippen LogP contribution >= 0.6 is 0 Å². The lowest BCUT2D eigenvalue weighted by Crippen LogP contribution is -2.30. The van der Waals surface area contributed by atoms with Gasteiger partial charge >= 0.3 is 5.97 Å². The summed E-state index contributed by atoms with van der Waals surface area (Å²) < 4.78 is 4.92. The molecular formula is C18H22N2O6. The van der Waals surface area contributed by atoms with Gasteiger partial charge in [-0.2, -0.15) is 0 Å². The molecule has 0 radical (unpaired) electrons. The maximum Gasteiger partial charge on any atom is 0.307 e. The quantitative estimate of drug-likeness (QED) is 0.424. The first-order chi connectivity index (χ1) is 12.4. The van der Waals surface area contributed by atoms with Crippen LogP contribution in [-0.4, -0.2) is 35.7 Å². The number of hydrogen-bond donors (Lipinski definition) is 1. The van der Waals surface area contributed by atoms with Crippen LogP contribution in [0.5, 0.6) is 0 Å². The highest BCUT2D eigenvalue weighted by atomic mass is 16.6. The fraction of sp³-hybridized carbons (Fsp3) is 0.500. The van der Waals surface area contributed by atoms with Crippen LogP contribution in [-0.2, 0) is 25.7 Å². The maximum atomic E-state index is 12.0. The van der Waals surface area contributed by atoms with Crippen molar-refractivity contribution in [3.8, 4) is 0 Å². The van der Waals surface area contributed by atoms with E-state index in [1.807, 2.05) is 30.3 Å². The Balaban J connectivity index is 1.77. The highest BCUT2D eigenvalue weighted by molar-refractivity contribution is 5.88. The van der Waals surface area contributed by atoms with Crippen molar-refractivity contribution in [2.75, 3.05) is 13.2 Å². The Morgan fingerprint density at radius 2 is 2.00 bits per heavy atom. The van der Waals surface area contributed by atoms with E-state index in [4.69, 9.17) is 4.74 Å². The summed E-state index contributed by atoms with van der Waals surface area (Å²) in [6.07, 6.45) is 0.00165. The van der Waals surface area contributed by atoms with E-state index in [1.165, 1.54) is 0 Å². The molecule has 1 aliphatic carbocycles. The molecule has 0 bridgehead atoms. The number of nitrogens with one attached hydrogen (secondary N) is 1. The third kappa shape index (κ3) is 5.65. The van der Waals surface area contributed by atoms with Crippen LogP contribution in [0.3, 0.4) is 0 Å². The Morgan fingerprint density at radius 1 is 1.31 bits per heavy atom. The molecule has 0 aromatic heterocycles. The summed E-state index contributed by atoms with van der Waals surface area (Å²) in [7, 11) is 0. The molecule has 1 saturated carbocycles. The van der Waals surface area contributed by atoms with Crippen molar-refractivity contribution in [3.05, 3.63) is 46.0 Å². The maximum absolute atomic E-state index is 12.0. The summed E-state index contributed by atoms with van der Waals surface area (Å²) in [4.78, 5) is 46.0. The molecule has 8 heteroatoms. The van der Waals surface area contributed by atoms with Gasteiger partial charge in [0.15, 0.2) is 6.61 Å². The van der Waals surface area contributed by atoms with E-state index in [0.29, 0.717) is 6.54 Å². The molecule has 0 unspecified atom stereocenters. The molecule has 8 nitrogen and oxygen atoms in total. The lowest BCUT2D eigenvalue weighted by molar-refractivity contribution is -0.490.